The third-order valence-electron chi connectivity index (χ3n) is 4.19. The molecule has 0 aliphatic heterocycles. The molecule has 0 unspecified atom stereocenters. The van der Waals surface area contributed by atoms with E-state index < -0.39 is 0 Å². The first kappa shape index (κ1) is 15.4. The van der Waals surface area contributed by atoms with Crippen LogP contribution in [0.25, 0.3) is 0 Å². The van der Waals surface area contributed by atoms with E-state index in [-0.39, 0.29) is 11.7 Å². The third-order valence-corrected chi connectivity index (χ3v) is 5.29. The molecular formula is C16H26N2OS. The van der Waals surface area contributed by atoms with Gasteiger partial charge in [-0.1, -0.05) is 27.7 Å². The minimum atomic E-state index is -0.000667. The molecule has 3 N–H and O–H groups in total. The van der Waals surface area contributed by atoms with E-state index in [4.69, 9.17) is 5.73 Å². The Morgan fingerprint density at radius 1 is 1.40 bits per heavy atom. The molecule has 20 heavy (non-hydrogen) atoms. The topological polar surface area (TPSA) is 55.1 Å². The number of nitrogens with one attached hydrogen (secondary N) is 1. The Balaban J connectivity index is 2.01. The predicted molar refractivity (Wildman–Crippen MR) is 87.6 cm³/mol. The Morgan fingerprint density at radius 2 is 2.00 bits per heavy atom. The summed E-state index contributed by atoms with van der Waals surface area (Å²) in [5.41, 5.74) is 7.07. The van der Waals surface area contributed by atoms with Crippen molar-refractivity contribution >= 4 is 27.8 Å². The van der Waals surface area contributed by atoms with Crippen LogP contribution < -0.4 is 11.1 Å². The van der Waals surface area contributed by atoms with Gasteiger partial charge in [0, 0.05) is 12.0 Å². The van der Waals surface area contributed by atoms with Crippen molar-refractivity contribution in [2.45, 2.75) is 59.4 Å². The molecule has 0 radical (unpaired) electrons. The maximum absolute atomic E-state index is 12.1. The van der Waals surface area contributed by atoms with Gasteiger partial charge in [-0.25, -0.2) is 0 Å². The molecular weight excluding hydrogens is 268 g/mol. The minimum Gasteiger partial charge on any atom is -0.397 e. The Hall–Kier alpha value is -1.03. The normalized spacial score (nSPS) is 19.2. The van der Waals surface area contributed by atoms with Crippen molar-refractivity contribution in [3.8, 4) is 0 Å². The lowest BCUT2D eigenvalue weighted by atomic mass is 9.76. The summed E-state index contributed by atoms with van der Waals surface area (Å²) in [4.78, 5) is 12.8. The fourth-order valence-electron chi connectivity index (χ4n) is 2.68. The number of ketones is 1. The number of thiophene rings is 1. The van der Waals surface area contributed by atoms with Gasteiger partial charge < -0.3 is 11.1 Å². The van der Waals surface area contributed by atoms with Gasteiger partial charge in [0.05, 0.1) is 15.6 Å². The van der Waals surface area contributed by atoms with E-state index in [9.17, 15) is 4.79 Å². The average Bonchev–Trinajstić information content (AvgIpc) is 2.72. The first-order valence-corrected chi connectivity index (χ1v) is 8.30. The molecule has 0 spiro atoms. The monoisotopic (exact) mass is 294 g/mol. The zero-order chi connectivity index (χ0) is 14.9. The van der Waals surface area contributed by atoms with E-state index in [2.05, 4.69) is 19.2 Å². The van der Waals surface area contributed by atoms with Crippen LogP contribution in [0.2, 0.25) is 0 Å². The average molecular weight is 294 g/mol. The highest BCUT2D eigenvalue weighted by Crippen LogP contribution is 2.38. The van der Waals surface area contributed by atoms with Crippen molar-refractivity contribution in [2.24, 2.45) is 11.3 Å². The highest BCUT2D eigenvalue weighted by Gasteiger charge is 2.27. The molecule has 0 bridgehead atoms. The summed E-state index contributed by atoms with van der Waals surface area (Å²) >= 11 is 1.50. The quantitative estimate of drug-likeness (QED) is 0.801. The molecule has 0 saturated heterocycles. The second kappa shape index (κ2) is 5.76. The van der Waals surface area contributed by atoms with Crippen molar-refractivity contribution in [1.29, 1.82) is 0 Å². The van der Waals surface area contributed by atoms with E-state index >= 15 is 0 Å². The number of nitrogens with two attached hydrogens (primary N) is 1. The summed E-state index contributed by atoms with van der Waals surface area (Å²) in [6.45, 7) is 8.51. The van der Waals surface area contributed by atoms with E-state index in [0.717, 1.165) is 5.00 Å². The number of carbonyl (C=O) groups excluding carboxylic acids is 1. The number of nitrogen functional groups attached to an aromatic ring is 1. The maximum Gasteiger partial charge on any atom is 0.177 e. The van der Waals surface area contributed by atoms with Gasteiger partial charge in [-0.05, 0) is 37.2 Å². The highest BCUT2D eigenvalue weighted by molar-refractivity contribution is 7.18. The van der Waals surface area contributed by atoms with Gasteiger partial charge in [0.1, 0.15) is 0 Å². The van der Waals surface area contributed by atoms with Gasteiger partial charge in [0.25, 0.3) is 0 Å². The molecule has 3 nitrogen and oxygen atoms in total. The molecule has 0 aromatic carbocycles. The fourth-order valence-corrected chi connectivity index (χ4v) is 3.82. The maximum atomic E-state index is 12.1. The number of carbonyl (C=O) groups is 1. The van der Waals surface area contributed by atoms with Crippen LogP contribution in [-0.2, 0) is 0 Å². The molecule has 0 amide bonds. The van der Waals surface area contributed by atoms with E-state index in [1.165, 1.54) is 37.0 Å². The zero-order valence-corrected chi connectivity index (χ0v) is 13.8. The van der Waals surface area contributed by atoms with Gasteiger partial charge in [-0.15, -0.1) is 11.3 Å². The van der Waals surface area contributed by atoms with Gasteiger partial charge in [-0.3, -0.25) is 4.79 Å². The highest BCUT2D eigenvalue weighted by atomic mass is 32.1. The molecule has 112 valence electrons. The van der Waals surface area contributed by atoms with Crippen LogP contribution in [0.15, 0.2) is 6.07 Å². The molecule has 1 aliphatic carbocycles. The Morgan fingerprint density at radius 3 is 2.55 bits per heavy atom. The van der Waals surface area contributed by atoms with Gasteiger partial charge in [-0.2, -0.15) is 0 Å². The lowest BCUT2D eigenvalue weighted by molar-refractivity contribution is 0.0944. The molecule has 1 fully saturated rings. The summed E-state index contributed by atoms with van der Waals surface area (Å²) in [7, 11) is 0. The number of anilines is 2. The second-order valence-corrected chi connectivity index (χ2v) is 8.05. The second-order valence-electron chi connectivity index (χ2n) is 7.00. The van der Waals surface area contributed by atoms with Crippen molar-refractivity contribution in [1.82, 2.24) is 0 Å². The molecule has 4 heteroatoms. The largest absolute Gasteiger partial charge is 0.397 e. The molecule has 1 heterocycles. The van der Waals surface area contributed by atoms with Crippen molar-refractivity contribution in [3.63, 3.8) is 0 Å². The zero-order valence-electron chi connectivity index (χ0n) is 13.0. The first-order chi connectivity index (χ1) is 9.28. The summed E-state index contributed by atoms with van der Waals surface area (Å²) in [5.74, 6) is 0.143. The van der Waals surface area contributed by atoms with Crippen molar-refractivity contribution in [2.75, 3.05) is 11.1 Å². The minimum absolute atomic E-state index is 0.000667. The van der Waals surface area contributed by atoms with Crippen LogP contribution in [0.4, 0.5) is 10.7 Å². The molecule has 1 aromatic heterocycles. The van der Waals surface area contributed by atoms with E-state index in [1.807, 2.05) is 19.9 Å². The summed E-state index contributed by atoms with van der Waals surface area (Å²) in [6, 6.07) is 2.43. The Kier molecular flexibility index (Phi) is 4.43. The van der Waals surface area contributed by atoms with Crippen molar-refractivity contribution in [3.05, 3.63) is 10.9 Å². The Labute approximate surface area is 125 Å². The van der Waals surface area contributed by atoms with Crippen LogP contribution in [0.3, 0.4) is 0 Å². The Bertz CT molecular complexity index is 481. The molecule has 1 aliphatic rings. The van der Waals surface area contributed by atoms with Gasteiger partial charge >= 0.3 is 0 Å². The van der Waals surface area contributed by atoms with Crippen LogP contribution in [0.1, 0.15) is 63.0 Å². The third kappa shape index (κ3) is 3.54. The van der Waals surface area contributed by atoms with E-state index in [0.29, 0.717) is 22.0 Å². The summed E-state index contributed by atoms with van der Waals surface area (Å²) in [5, 5.41) is 4.60. The van der Waals surface area contributed by atoms with Crippen LogP contribution >= 0.6 is 11.3 Å². The number of hydrogen-bond acceptors (Lipinski definition) is 4. The first-order valence-electron chi connectivity index (χ1n) is 7.48. The number of hydrogen-bond donors (Lipinski definition) is 2. The molecule has 1 aromatic rings. The fraction of sp³-hybridized carbons (Fsp3) is 0.688. The van der Waals surface area contributed by atoms with Crippen LogP contribution in [0, 0.1) is 11.3 Å². The summed E-state index contributed by atoms with van der Waals surface area (Å²) < 4.78 is 0. The number of Topliss-reactive ketones (excluding diaryl/α,β-unsaturated/α-hetero) is 1. The molecule has 2 rings (SSSR count). The predicted octanol–water partition coefficient (Wildman–Crippen LogP) is 4.55. The SMILES string of the molecule is CC(C)C(=O)c1sc(NC2CCC(C)(C)CC2)cc1N. The molecule has 0 atom stereocenters. The summed E-state index contributed by atoms with van der Waals surface area (Å²) in [6.07, 6.45) is 4.89. The number of rotatable bonds is 4. The smallest absolute Gasteiger partial charge is 0.177 e. The van der Waals surface area contributed by atoms with Gasteiger partial charge in [0.15, 0.2) is 5.78 Å². The lowest BCUT2D eigenvalue weighted by Crippen LogP contribution is -2.29. The van der Waals surface area contributed by atoms with E-state index in [1.54, 1.807) is 0 Å². The van der Waals surface area contributed by atoms with Gasteiger partial charge in [0.2, 0.25) is 0 Å². The van der Waals surface area contributed by atoms with Crippen molar-refractivity contribution < 1.29 is 4.79 Å². The molecule has 1 saturated carbocycles. The standard InChI is InChI=1S/C16H26N2OS/c1-10(2)14(19)15-12(17)9-13(20-15)18-11-5-7-16(3,4)8-6-11/h9-11,18H,5-8,17H2,1-4H3. The lowest BCUT2D eigenvalue weighted by Gasteiger charge is -2.34. The van der Waals surface area contributed by atoms with Crippen LogP contribution in [0.5, 0.6) is 0 Å². The van der Waals surface area contributed by atoms with Crippen LogP contribution in [-0.4, -0.2) is 11.8 Å².